The SMILES string of the molecule is CC(C)(CC(=O)O)Cc1nnc(-c2ccc(C#N)cc2)o1. The Hall–Kier alpha value is -2.68. The molecule has 1 aromatic heterocycles. The quantitative estimate of drug-likeness (QED) is 0.906. The van der Waals surface area contributed by atoms with Crippen molar-refractivity contribution in [3.05, 3.63) is 35.7 Å². The number of hydrogen-bond acceptors (Lipinski definition) is 5. The lowest BCUT2D eigenvalue weighted by atomic mass is 9.86. The minimum atomic E-state index is -0.855. The van der Waals surface area contributed by atoms with Crippen molar-refractivity contribution >= 4 is 5.97 Å². The minimum absolute atomic E-state index is 0.0293. The number of aliphatic carboxylic acids is 1. The number of carboxylic acid groups (broad SMARTS) is 1. The van der Waals surface area contributed by atoms with Crippen molar-refractivity contribution < 1.29 is 14.3 Å². The Morgan fingerprint density at radius 1 is 1.33 bits per heavy atom. The summed E-state index contributed by atoms with van der Waals surface area (Å²) in [7, 11) is 0. The van der Waals surface area contributed by atoms with E-state index in [9.17, 15) is 4.79 Å². The van der Waals surface area contributed by atoms with Gasteiger partial charge in [0.2, 0.25) is 11.8 Å². The second-order valence-electron chi connectivity index (χ2n) is 5.60. The predicted molar refractivity (Wildman–Crippen MR) is 74.2 cm³/mol. The van der Waals surface area contributed by atoms with E-state index in [1.165, 1.54) is 0 Å². The van der Waals surface area contributed by atoms with E-state index in [0.29, 0.717) is 23.8 Å². The molecule has 0 amide bonds. The molecular weight excluding hydrogens is 270 g/mol. The van der Waals surface area contributed by atoms with Gasteiger partial charge in [-0.2, -0.15) is 5.26 Å². The second-order valence-corrected chi connectivity index (χ2v) is 5.60. The molecule has 0 fully saturated rings. The molecule has 2 rings (SSSR count). The summed E-state index contributed by atoms with van der Waals surface area (Å²) in [4.78, 5) is 10.8. The highest BCUT2D eigenvalue weighted by Gasteiger charge is 2.25. The number of rotatable bonds is 5. The number of nitriles is 1. The van der Waals surface area contributed by atoms with Gasteiger partial charge in [-0.1, -0.05) is 13.8 Å². The van der Waals surface area contributed by atoms with E-state index < -0.39 is 11.4 Å². The van der Waals surface area contributed by atoms with Gasteiger partial charge in [0, 0.05) is 12.0 Å². The molecule has 0 saturated heterocycles. The number of aromatic nitrogens is 2. The van der Waals surface area contributed by atoms with Gasteiger partial charge in [0.25, 0.3) is 0 Å². The third-order valence-corrected chi connectivity index (χ3v) is 2.99. The number of nitrogens with zero attached hydrogens (tertiary/aromatic N) is 3. The van der Waals surface area contributed by atoms with Crippen molar-refractivity contribution in [1.82, 2.24) is 10.2 Å². The van der Waals surface area contributed by atoms with Gasteiger partial charge >= 0.3 is 5.97 Å². The van der Waals surface area contributed by atoms with Gasteiger partial charge in [0.1, 0.15) is 0 Å². The Kier molecular flexibility index (Phi) is 4.03. The predicted octanol–water partition coefficient (Wildman–Crippen LogP) is 2.65. The van der Waals surface area contributed by atoms with Gasteiger partial charge in [0.15, 0.2) is 0 Å². The Balaban J connectivity index is 2.14. The summed E-state index contributed by atoms with van der Waals surface area (Å²) in [6.45, 7) is 3.68. The van der Waals surface area contributed by atoms with Crippen LogP contribution in [0.15, 0.2) is 28.7 Å². The Bertz CT molecular complexity index is 681. The number of carbonyl (C=O) groups is 1. The maximum absolute atomic E-state index is 10.8. The van der Waals surface area contributed by atoms with Crippen LogP contribution in [0.3, 0.4) is 0 Å². The molecule has 0 spiro atoms. The van der Waals surface area contributed by atoms with Crippen molar-refractivity contribution in [3.63, 3.8) is 0 Å². The summed E-state index contributed by atoms with van der Waals surface area (Å²) < 4.78 is 5.56. The van der Waals surface area contributed by atoms with Gasteiger partial charge in [-0.05, 0) is 29.7 Å². The first-order chi connectivity index (χ1) is 9.89. The zero-order valence-electron chi connectivity index (χ0n) is 11.8. The molecule has 108 valence electrons. The largest absolute Gasteiger partial charge is 0.481 e. The Labute approximate surface area is 122 Å². The zero-order chi connectivity index (χ0) is 15.5. The van der Waals surface area contributed by atoms with Crippen molar-refractivity contribution in [3.8, 4) is 17.5 Å². The van der Waals surface area contributed by atoms with Gasteiger partial charge < -0.3 is 9.52 Å². The minimum Gasteiger partial charge on any atom is -0.481 e. The van der Waals surface area contributed by atoms with Crippen molar-refractivity contribution in [2.75, 3.05) is 0 Å². The number of carboxylic acids is 1. The van der Waals surface area contributed by atoms with Gasteiger partial charge in [-0.25, -0.2) is 0 Å². The maximum atomic E-state index is 10.8. The first kappa shape index (κ1) is 14.7. The highest BCUT2D eigenvalue weighted by Crippen LogP contribution is 2.27. The average Bonchev–Trinajstić information content (AvgIpc) is 2.85. The molecule has 0 aliphatic rings. The normalized spacial score (nSPS) is 11.1. The molecule has 0 saturated carbocycles. The van der Waals surface area contributed by atoms with E-state index in [4.69, 9.17) is 14.8 Å². The third kappa shape index (κ3) is 3.89. The van der Waals surface area contributed by atoms with Crippen LogP contribution in [0.2, 0.25) is 0 Å². The van der Waals surface area contributed by atoms with Crippen LogP contribution >= 0.6 is 0 Å². The fourth-order valence-corrected chi connectivity index (χ4v) is 2.01. The average molecular weight is 285 g/mol. The van der Waals surface area contributed by atoms with E-state index >= 15 is 0 Å². The van der Waals surface area contributed by atoms with Crippen molar-refractivity contribution in [2.24, 2.45) is 5.41 Å². The third-order valence-electron chi connectivity index (χ3n) is 2.99. The van der Waals surface area contributed by atoms with Gasteiger partial charge in [-0.3, -0.25) is 4.79 Å². The molecule has 2 aromatic rings. The van der Waals surface area contributed by atoms with Crippen LogP contribution in [0.5, 0.6) is 0 Å². The molecule has 1 aromatic carbocycles. The van der Waals surface area contributed by atoms with Crippen LogP contribution < -0.4 is 0 Å². The van der Waals surface area contributed by atoms with Crippen LogP contribution in [0.4, 0.5) is 0 Å². The van der Waals surface area contributed by atoms with Crippen molar-refractivity contribution in [2.45, 2.75) is 26.7 Å². The Morgan fingerprint density at radius 3 is 2.57 bits per heavy atom. The molecule has 21 heavy (non-hydrogen) atoms. The lowest BCUT2D eigenvalue weighted by molar-refractivity contribution is -0.139. The highest BCUT2D eigenvalue weighted by molar-refractivity contribution is 5.67. The molecule has 0 radical (unpaired) electrons. The lowest BCUT2D eigenvalue weighted by Gasteiger charge is -2.19. The molecule has 0 bridgehead atoms. The molecule has 1 N–H and O–H groups in total. The standard InChI is InChI=1S/C15H15N3O3/c1-15(2,8-13(19)20)7-12-17-18-14(21-12)11-5-3-10(9-16)4-6-11/h3-6H,7-8H2,1-2H3,(H,19,20). The molecule has 6 nitrogen and oxygen atoms in total. The van der Waals surface area contributed by atoms with Crippen LogP contribution in [-0.2, 0) is 11.2 Å². The first-order valence-corrected chi connectivity index (χ1v) is 6.44. The molecule has 0 aliphatic carbocycles. The molecule has 0 atom stereocenters. The van der Waals surface area contributed by atoms with Gasteiger partial charge in [0.05, 0.1) is 18.1 Å². The zero-order valence-corrected chi connectivity index (χ0v) is 11.8. The summed E-state index contributed by atoms with van der Waals surface area (Å²) in [6.07, 6.45) is 0.421. The van der Waals surface area contributed by atoms with E-state index in [1.54, 1.807) is 24.3 Å². The molecule has 0 aliphatic heterocycles. The van der Waals surface area contributed by atoms with Crippen molar-refractivity contribution in [1.29, 1.82) is 5.26 Å². The van der Waals surface area contributed by atoms with Crippen LogP contribution in [0, 0.1) is 16.7 Å². The van der Waals surface area contributed by atoms with E-state index in [0.717, 1.165) is 5.56 Å². The summed E-state index contributed by atoms with van der Waals surface area (Å²) in [5.41, 5.74) is 0.824. The molecular formula is C15H15N3O3. The van der Waals surface area contributed by atoms with Crippen LogP contribution in [-0.4, -0.2) is 21.3 Å². The van der Waals surface area contributed by atoms with Crippen LogP contribution in [0.25, 0.3) is 11.5 Å². The topological polar surface area (TPSA) is 100 Å². The van der Waals surface area contributed by atoms with E-state index in [2.05, 4.69) is 10.2 Å². The smallest absolute Gasteiger partial charge is 0.303 e. The summed E-state index contributed by atoms with van der Waals surface area (Å²) in [6, 6.07) is 8.85. The van der Waals surface area contributed by atoms with E-state index in [-0.39, 0.29) is 6.42 Å². The number of hydrogen-bond donors (Lipinski definition) is 1. The fraction of sp³-hybridized carbons (Fsp3) is 0.333. The first-order valence-electron chi connectivity index (χ1n) is 6.44. The van der Waals surface area contributed by atoms with E-state index in [1.807, 2.05) is 19.9 Å². The number of benzene rings is 1. The fourth-order valence-electron chi connectivity index (χ4n) is 2.01. The maximum Gasteiger partial charge on any atom is 0.303 e. The molecule has 0 unspecified atom stereocenters. The monoisotopic (exact) mass is 285 g/mol. The Morgan fingerprint density at radius 2 is 2.00 bits per heavy atom. The van der Waals surface area contributed by atoms with Crippen LogP contribution in [0.1, 0.15) is 31.7 Å². The second kappa shape index (κ2) is 5.75. The molecule has 6 heteroatoms. The summed E-state index contributed by atoms with van der Waals surface area (Å²) in [5.74, 6) is -0.0898. The summed E-state index contributed by atoms with van der Waals surface area (Å²) >= 11 is 0. The highest BCUT2D eigenvalue weighted by atomic mass is 16.4. The lowest BCUT2D eigenvalue weighted by Crippen LogP contribution is -2.19. The molecule has 1 heterocycles. The van der Waals surface area contributed by atoms with Gasteiger partial charge in [-0.15, -0.1) is 10.2 Å². The summed E-state index contributed by atoms with van der Waals surface area (Å²) in [5, 5.41) is 25.5.